The molecule has 4 aromatic carbocycles. The predicted molar refractivity (Wildman–Crippen MR) is 240 cm³/mol. The molecular formula is C53H58O10. The van der Waals surface area contributed by atoms with E-state index < -0.39 is 48.1 Å². The second kappa shape index (κ2) is 19.1. The second-order valence-corrected chi connectivity index (χ2v) is 18.2. The van der Waals surface area contributed by atoms with Crippen molar-refractivity contribution in [2.45, 2.75) is 115 Å². The van der Waals surface area contributed by atoms with Crippen molar-refractivity contribution in [3.63, 3.8) is 0 Å². The number of hydrogen-bond donors (Lipinski definition) is 2. The number of carbonyl (C=O) groups excluding carboxylic acids is 2. The molecule has 0 spiro atoms. The predicted octanol–water partition coefficient (Wildman–Crippen LogP) is 9.52. The van der Waals surface area contributed by atoms with Gasteiger partial charge in [-0.3, -0.25) is 4.79 Å². The summed E-state index contributed by atoms with van der Waals surface area (Å²) in [5.41, 5.74) is 6.28. The lowest BCUT2D eigenvalue weighted by Crippen LogP contribution is -2.52. The van der Waals surface area contributed by atoms with E-state index in [1.807, 2.05) is 19.9 Å². The fourth-order valence-corrected chi connectivity index (χ4v) is 10.1. The first-order valence-corrected chi connectivity index (χ1v) is 22.3. The number of carbonyl (C=O) groups is 2. The number of rotatable bonds is 9. The summed E-state index contributed by atoms with van der Waals surface area (Å²) in [6.45, 7) is 6.61. The third kappa shape index (κ3) is 9.69. The average Bonchev–Trinajstić information content (AvgIpc) is 3.26. The minimum absolute atomic E-state index is 0.00729. The Kier molecular flexibility index (Phi) is 13.3. The molecule has 63 heavy (non-hydrogen) atoms. The van der Waals surface area contributed by atoms with Gasteiger partial charge in [-0.05, 0) is 136 Å². The van der Waals surface area contributed by atoms with Crippen LogP contribution in [-0.2, 0) is 36.6 Å². The highest BCUT2D eigenvalue weighted by Gasteiger charge is 2.51. The first-order chi connectivity index (χ1) is 30.4. The number of benzene rings is 4. The van der Waals surface area contributed by atoms with Crippen molar-refractivity contribution < 1.29 is 43.2 Å². The van der Waals surface area contributed by atoms with Gasteiger partial charge in [0.1, 0.15) is 23.7 Å². The summed E-state index contributed by atoms with van der Waals surface area (Å²) in [6.07, 6.45) is 2.59. The van der Waals surface area contributed by atoms with Gasteiger partial charge < -0.3 is 33.6 Å². The first-order valence-electron chi connectivity index (χ1n) is 22.3. The van der Waals surface area contributed by atoms with Crippen LogP contribution in [0.2, 0.25) is 0 Å². The van der Waals surface area contributed by atoms with Crippen molar-refractivity contribution in [1.82, 2.24) is 0 Å². The van der Waals surface area contributed by atoms with Crippen LogP contribution < -0.4 is 10.4 Å². The molecule has 2 N–H and O–H groups in total. The zero-order chi connectivity index (χ0) is 44.3. The van der Waals surface area contributed by atoms with Gasteiger partial charge in [-0.2, -0.15) is 0 Å². The molecule has 0 amide bonds. The molecule has 1 aliphatic carbocycles. The molecule has 2 bridgehead atoms. The summed E-state index contributed by atoms with van der Waals surface area (Å²) in [6, 6.07) is 33.1. The van der Waals surface area contributed by atoms with E-state index in [2.05, 4.69) is 72.8 Å². The van der Waals surface area contributed by atoms with Crippen LogP contribution in [0.4, 0.5) is 0 Å². The highest BCUT2D eigenvalue weighted by molar-refractivity contribution is 5.90. The number of allylic oxidation sites excluding steroid dienone is 1. The van der Waals surface area contributed by atoms with Crippen molar-refractivity contribution >= 4 is 22.9 Å². The lowest BCUT2D eigenvalue weighted by Gasteiger charge is -2.43. The van der Waals surface area contributed by atoms with Crippen molar-refractivity contribution in [3.05, 3.63) is 158 Å². The molecule has 1 fully saturated rings. The number of aliphatic hydroxyl groups is 2. The maximum atomic E-state index is 14.8. The number of aliphatic hydroxyl groups excluding tert-OH is 2. The fourth-order valence-electron chi connectivity index (χ4n) is 10.1. The lowest BCUT2D eigenvalue weighted by molar-refractivity contribution is -0.188. The maximum absolute atomic E-state index is 14.8. The fraction of sp³-hybridized carbons (Fsp3) is 0.415. The number of fused-ring (bicyclic) bond motifs is 11. The number of esters is 2. The minimum atomic E-state index is -1.19. The monoisotopic (exact) mass is 854 g/mol. The van der Waals surface area contributed by atoms with Gasteiger partial charge in [0.2, 0.25) is 0 Å². The van der Waals surface area contributed by atoms with Crippen molar-refractivity contribution in [3.8, 4) is 5.75 Å². The van der Waals surface area contributed by atoms with E-state index in [1.165, 1.54) is 22.3 Å². The van der Waals surface area contributed by atoms with E-state index >= 15 is 0 Å². The van der Waals surface area contributed by atoms with Gasteiger partial charge in [-0.15, -0.1) is 0 Å². The molecule has 9 rings (SSSR count). The van der Waals surface area contributed by atoms with Crippen LogP contribution in [0.25, 0.3) is 11.0 Å². The largest absolute Gasteiger partial charge is 0.483 e. The Labute approximate surface area is 368 Å². The van der Waals surface area contributed by atoms with E-state index in [1.54, 1.807) is 32.0 Å². The Morgan fingerprint density at radius 2 is 1.62 bits per heavy atom. The third-order valence-corrected chi connectivity index (χ3v) is 13.4. The molecule has 0 saturated heterocycles. The summed E-state index contributed by atoms with van der Waals surface area (Å²) in [7, 11) is 0. The number of ether oxygens (including phenoxy) is 4. The van der Waals surface area contributed by atoms with Crippen LogP contribution in [0.5, 0.6) is 5.75 Å². The standard InChI is InChI=1S/C53H58O10/c1-32(2)42-20-15-33-13-16-36(17-14-33)43-21-18-38(37-12-8-11-35(26-37)25-34-9-6-5-7-10-34)27-41(43)29-46(56)60-49-47-45(63-53(3,4)50(49)62-51(42)57)22-19-39-28-44(52(58)61-48(39)47)40(23-24-54)30-59-31-55/h5-14,16-17,19,22,26,28,38,40-41,43,49-50,54-55H,15,18,20-21,23-25,27,29-31H2,1-4H3/t38-,40+,41-,43+,49+,50-/m0/s1. The second-order valence-electron chi connectivity index (χ2n) is 18.2. The van der Waals surface area contributed by atoms with Crippen LogP contribution in [0, 0.1) is 5.92 Å². The molecule has 10 heteroatoms. The Bertz CT molecular complexity index is 2520. The molecule has 4 aliphatic rings. The van der Waals surface area contributed by atoms with Gasteiger partial charge in [0.05, 0.1) is 12.2 Å². The normalized spacial score (nSPS) is 22.8. The van der Waals surface area contributed by atoms with Gasteiger partial charge in [0, 0.05) is 35.5 Å². The zero-order valence-electron chi connectivity index (χ0n) is 36.6. The Balaban J connectivity index is 1.19. The molecule has 6 atom stereocenters. The topological polar surface area (TPSA) is 142 Å². The van der Waals surface area contributed by atoms with E-state index in [0.717, 1.165) is 36.8 Å². The van der Waals surface area contributed by atoms with Crippen molar-refractivity contribution in [2.24, 2.45) is 5.92 Å². The quantitative estimate of drug-likeness (QED) is 0.0638. The number of aryl methyl sites for hydroxylation is 1. The summed E-state index contributed by atoms with van der Waals surface area (Å²) in [4.78, 5) is 42.9. The van der Waals surface area contributed by atoms with Gasteiger partial charge in [0.25, 0.3) is 0 Å². The average molecular weight is 855 g/mol. The van der Waals surface area contributed by atoms with Crippen LogP contribution in [0.1, 0.15) is 129 Å². The van der Waals surface area contributed by atoms with Crippen molar-refractivity contribution in [2.75, 3.05) is 20.0 Å². The molecule has 3 aliphatic heterocycles. The SMILES string of the molecule is CC(C)=C1CCc2ccc(cc2)[C@H]2CC[C@H](c3cccc(Cc4ccccc4)c3)C[C@H]2CC(=O)O[C@@H]2c3c(ccc4cc([C@H](CCO)COCO)c(=O)oc34)OC(C)(C)[C@H]2OC1=O. The Morgan fingerprint density at radius 1 is 0.841 bits per heavy atom. The molecule has 10 nitrogen and oxygen atoms in total. The molecule has 0 unspecified atom stereocenters. The summed E-state index contributed by atoms with van der Waals surface area (Å²) in [5.74, 6) is -0.910. The van der Waals surface area contributed by atoms with Gasteiger partial charge >= 0.3 is 17.6 Å². The van der Waals surface area contributed by atoms with Crippen LogP contribution in [0.15, 0.2) is 117 Å². The van der Waals surface area contributed by atoms with E-state index in [0.29, 0.717) is 35.1 Å². The molecule has 1 aromatic heterocycles. The van der Waals surface area contributed by atoms with Crippen molar-refractivity contribution in [1.29, 1.82) is 0 Å². The van der Waals surface area contributed by atoms with Gasteiger partial charge in [0.15, 0.2) is 12.2 Å². The highest BCUT2D eigenvalue weighted by atomic mass is 16.6. The maximum Gasteiger partial charge on any atom is 0.339 e. The van der Waals surface area contributed by atoms with Crippen LogP contribution in [-0.4, -0.2) is 53.9 Å². The minimum Gasteiger partial charge on any atom is -0.483 e. The van der Waals surface area contributed by atoms with Crippen LogP contribution >= 0.6 is 0 Å². The third-order valence-electron chi connectivity index (χ3n) is 13.4. The molecule has 5 aromatic rings. The lowest BCUT2D eigenvalue weighted by atomic mass is 9.68. The van der Waals surface area contributed by atoms with E-state index in [-0.39, 0.29) is 55.0 Å². The molecule has 4 heterocycles. The van der Waals surface area contributed by atoms with Crippen LogP contribution in [0.3, 0.4) is 0 Å². The first kappa shape index (κ1) is 44.1. The Hall–Kier alpha value is -5.55. The highest BCUT2D eigenvalue weighted by Crippen LogP contribution is 2.49. The van der Waals surface area contributed by atoms with E-state index in [4.69, 9.17) is 23.4 Å². The summed E-state index contributed by atoms with van der Waals surface area (Å²) >= 11 is 0. The Morgan fingerprint density at radius 3 is 2.37 bits per heavy atom. The van der Waals surface area contributed by atoms with Gasteiger partial charge in [-0.1, -0.05) is 84.4 Å². The summed E-state index contributed by atoms with van der Waals surface area (Å²) < 4.78 is 31.0. The molecule has 0 radical (unpaired) electrons. The summed E-state index contributed by atoms with van der Waals surface area (Å²) in [5, 5.41) is 19.7. The van der Waals surface area contributed by atoms with Gasteiger partial charge in [-0.25, -0.2) is 9.59 Å². The number of hydrogen-bond acceptors (Lipinski definition) is 10. The molecule has 1 saturated carbocycles. The molecular weight excluding hydrogens is 797 g/mol. The zero-order valence-corrected chi connectivity index (χ0v) is 36.6. The smallest absolute Gasteiger partial charge is 0.339 e. The molecule has 330 valence electrons. The van der Waals surface area contributed by atoms with E-state index in [9.17, 15) is 24.6 Å².